The van der Waals surface area contributed by atoms with Gasteiger partial charge in [0.1, 0.15) is 0 Å². The van der Waals surface area contributed by atoms with Gasteiger partial charge in [0.25, 0.3) is 17.7 Å². The zero-order valence-electron chi connectivity index (χ0n) is 17.5. The van der Waals surface area contributed by atoms with Gasteiger partial charge in [0.05, 0.1) is 32.8 Å². The molecule has 3 N–H and O–H groups in total. The van der Waals surface area contributed by atoms with Gasteiger partial charge in [-0.1, -0.05) is 6.92 Å². The van der Waals surface area contributed by atoms with Crippen molar-refractivity contribution >= 4 is 29.1 Å². The Labute approximate surface area is 178 Å². The molecule has 30 heavy (non-hydrogen) atoms. The number of carbonyl (C=O) groups is 3. The molecule has 1 heterocycles. The molecule has 0 atom stereocenters. The third kappa shape index (κ3) is 5.41. The summed E-state index contributed by atoms with van der Waals surface area (Å²) in [7, 11) is 4.33. The van der Waals surface area contributed by atoms with E-state index in [0.29, 0.717) is 22.1 Å². The highest BCUT2D eigenvalue weighted by atomic mass is 32.1. The van der Waals surface area contributed by atoms with Gasteiger partial charge in [0.2, 0.25) is 5.75 Å². The van der Waals surface area contributed by atoms with Gasteiger partial charge < -0.3 is 19.5 Å². The second-order valence-electron chi connectivity index (χ2n) is 6.17. The van der Waals surface area contributed by atoms with Gasteiger partial charge in [-0.15, -0.1) is 11.3 Å². The van der Waals surface area contributed by atoms with Crippen LogP contribution in [0.15, 0.2) is 18.2 Å². The monoisotopic (exact) mass is 435 g/mol. The Morgan fingerprint density at radius 3 is 2.07 bits per heavy atom. The summed E-state index contributed by atoms with van der Waals surface area (Å²) in [5.41, 5.74) is 5.89. The van der Waals surface area contributed by atoms with Crippen LogP contribution in [0.1, 0.15) is 37.4 Å². The van der Waals surface area contributed by atoms with Crippen LogP contribution in [0.25, 0.3) is 0 Å². The van der Waals surface area contributed by atoms with Gasteiger partial charge in [0.15, 0.2) is 11.5 Å². The first-order valence-electron chi connectivity index (χ1n) is 9.11. The van der Waals surface area contributed by atoms with E-state index in [4.69, 9.17) is 14.2 Å². The summed E-state index contributed by atoms with van der Waals surface area (Å²) in [4.78, 5) is 38.1. The summed E-state index contributed by atoms with van der Waals surface area (Å²) < 4.78 is 15.6. The first-order chi connectivity index (χ1) is 14.3. The number of ether oxygens (including phenoxy) is 3. The molecule has 0 unspecified atom stereocenters. The van der Waals surface area contributed by atoms with Gasteiger partial charge in [-0.3, -0.25) is 25.2 Å². The standard InChI is InChI=1S/C20H25N3O6S/c1-6-15-11(2)7-16(30-15)20(26)23-22-17(24)10-21-19(25)12-8-13(27-3)18(29-5)14(9-12)28-4/h7-9H,6,10H2,1-5H3,(H,21,25)(H,22,24)(H,23,26). The van der Waals surface area contributed by atoms with E-state index in [1.807, 2.05) is 13.8 Å². The first-order valence-corrected chi connectivity index (χ1v) is 9.92. The van der Waals surface area contributed by atoms with Gasteiger partial charge in [0, 0.05) is 10.4 Å². The number of aryl methyl sites for hydroxylation is 2. The summed E-state index contributed by atoms with van der Waals surface area (Å²) in [6.45, 7) is 3.61. The van der Waals surface area contributed by atoms with Crippen LogP contribution in [-0.2, 0) is 11.2 Å². The number of carbonyl (C=O) groups excluding carboxylic acids is 3. The summed E-state index contributed by atoms with van der Waals surface area (Å²) in [6.07, 6.45) is 0.836. The van der Waals surface area contributed by atoms with Crippen molar-refractivity contribution in [2.45, 2.75) is 20.3 Å². The molecule has 3 amide bonds. The number of nitrogens with one attached hydrogen (secondary N) is 3. The number of rotatable bonds is 8. The summed E-state index contributed by atoms with van der Waals surface area (Å²) >= 11 is 1.38. The highest BCUT2D eigenvalue weighted by molar-refractivity contribution is 7.14. The minimum atomic E-state index is -0.576. The maximum atomic E-state index is 12.4. The summed E-state index contributed by atoms with van der Waals surface area (Å²) in [5.74, 6) is -0.516. The molecule has 2 rings (SSSR count). The van der Waals surface area contributed by atoms with Crippen LogP contribution in [0.2, 0.25) is 0 Å². The lowest BCUT2D eigenvalue weighted by Gasteiger charge is -2.14. The lowest BCUT2D eigenvalue weighted by Crippen LogP contribution is -2.46. The third-order valence-corrected chi connectivity index (χ3v) is 5.60. The van der Waals surface area contributed by atoms with Crippen molar-refractivity contribution in [2.24, 2.45) is 0 Å². The molecule has 2 aromatic rings. The number of benzene rings is 1. The van der Waals surface area contributed by atoms with Gasteiger partial charge in [-0.25, -0.2) is 0 Å². The molecule has 0 aliphatic rings. The zero-order chi connectivity index (χ0) is 22.3. The molecule has 0 radical (unpaired) electrons. The fourth-order valence-corrected chi connectivity index (χ4v) is 3.70. The minimum Gasteiger partial charge on any atom is -0.493 e. The Morgan fingerprint density at radius 2 is 1.57 bits per heavy atom. The average molecular weight is 436 g/mol. The molecule has 0 saturated carbocycles. The van der Waals surface area contributed by atoms with Crippen LogP contribution in [-0.4, -0.2) is 45.6 Å². The van der Waals surface area contributed by atoms with Gasteiger partial charge in [-0.05, 0) is 37.1 Å². The van der Waals surface area contributed by atoms with Crippen LogP contribution in [0, 0.1) is 6.92 Å². The molecule has 0 bridgehead atoms. The predicted molar refractivity (Wildman–Crippen MR) is 112 cm³/mol. The van der Waals surface area contributed by atoms with Gasteiger partial charge >= 0.3 is 0 Å². The lowest BCUT2D eigenvalue weighted by molar-refractivity contribution is -0.120. The molecule has 9 nitrogen and oxygen atoms in total. The summed E-state index contributed by atoms with van der Waals surface area (Å²) in [6, 6.07) is 4.72. The second-order valence-corrected chi connectivity index (χ2v) is 7.31. The molecule has 1 aromatic carbocycles. The van der Waals surface area contributed by atoms with E-state index in [1.54, 1.807) is 6.07 Å². The molecule has 0 aliphatic heterocycles. The molecule has 0 aliphatic carbocycles. The van der Waals surface area contributed by atoms with E-state index in [1.165, 1.54) is 44.8 Å². The van der Waals surface area contributed by atoms with Crippen LogP contribution in [0.4, 0.5) is 0 Å². The van der Waals surface area contributed by atoms with Crippen molar-refractivity contribution in [2.75, 3.05) is 27.9 Å². The summed E-state index contributed by atoms with van der Waals surface area (Å²) in [5, 5.41) is 2.47. The van der Waals surface area contributed by atoms with Crippen LogP contribution < -0.4 is 30.4 Å². The fraction of sp³-hybridized carbons (Fsp3) is 0.350. The molecule has 0 saturated heterocycles. The van der Waals surface area contributed by atoms with Crippen LogP contribution in [0.5, 0.6) is 17.2 Å². The Kier molecular flexibility index (Phi) is 8.05. The maximum absolute atomic E-state index is 12.4. The number of methoxy groups -OCH3 is 3. The van der Waals surface area contributed by atoms with Gasteiger partial charge in [-0.2, -0.15) is 0 Å². The molecule has 162 valence electrons. The molecular weight excluding hydrogens is 410 g/mol. The highest BCUT2D eigenvalue weighted by Gasteiger charge is 2.18. The largest absolute Gasteiger partial charge is 0.493 e. The zero-order valence-corrected chi connectivity index (χ0v) is 18.3. The topological polar surface area (TPSA) is 115 Å². The number of hydrogen-bond acceptors (Lipinski definition) is 7. The SMILES string of the molecule is CCc1sc(C(=O)NNC(=O)CNC(=O)c2cc(OC)c(OC)c(OC)c2)cc1C. The third-order valence-electron chi connectivity index (χ3n) is 4.22. The van der Waals surface area contributed by atoms with Crippen molar-refractivity contribution in [1.82, 2.24) is 16.2 Å². The fourth-order valence-electron chi connectivity index (χ4n) is 2.69. The van der Waals surface area contributed by atoms with E-state index < -0.39 is 17.7 Å². The van der Waals surface area contributed by atoms with E-state index in [0.717, 1.165) is 16.9 Å². The molecule has 10 heteroatoms. The number of hydrogen-bond donors (Lipinski definition) is 3. The first kappa shape index (κ1) is 23.0. The molecule has 0 spiro atoms. The Hall–Kier alpha value is -3.27. The van der Waals surface area contributed by atoms with Crippen LogP contribution in [0.3, 0.4) is 0 Å². The van der Waals surface area contributed by atoms with E-state index in [-0.39, 0.29) is 12.1 Å². The predicted octanol–water partition coefficient (Wildman–Crippen LogP) is 1.84. The number of thiophene rings is 1. The highest BCUT2D eigenvalue weighted by Crippen LogP contribution is 2.38. The van der Waals surface area contributed by atoms with E-state index in [2.05, 4.69) is 16.2 Å². The van der Waals surface area contributed by atoms with E-state index >= 15 is 0 Å². The normalized spacial score (nSPS) is 10.2. The van der Waals surface area contributed by atoms with Crippen molar-refractivity contribution in [3.63, 3.8) is 0 Å². The molecular formula is C20H25N3O6S. The smallest absolute Gasteiger partial charge is 0.279 e. The van der Waals surface area contributed by atoms with Crippen LogP contribution >= 0.6 is 11.3 Å². The number of hydrazine groups is 1. The second kappa shape index (κ2) is 10.5. The van der Waals surface area contributed by atoms with Crippen molar-refractivity contribution in [3.8, 4) is 17.2 Å². The Balaban J connectivity index is 1.92. The molecule has 1 aromatic heterocycles. The Bertz CT molecular complexity index is 916. The maximum Gasteiger partial charge on any atom is 0.279 e. The van der Waals surface area contributed by atoms with Crippen molar-refractivity contribution in [1.29, 1.82) is 0 Å². The number of amides is 3. The van der Waals surface area contributed by atoms with Crippen molar-refractivity contribution in [3.05, 3.63) is 39.1 Å². The molecule has 0 fully saturated rings. The average Bonchev–Trinajstić information content (AvgIpc) is 3.15. The lowest BCUT2D eigenvalue weighted by atomic mass is 10.1. The van der Waals surface area contributed by atoms with Crippen molar-refractivity contribution < 1.29 is 28.6 Å². The van der Waals surface area contributed by atoms with E-state index in [9.17, 15) is 14.4 Å². The minimum absolute atomic E-state index is 0.225. The Morgan fingerprint density at radius 1 is 0.933 bits per heavy atom. The quantitative estimate of drug-likeness (QED) is 0.545.